The lowest BCUT2D eigenvalue weighted by atomic mass is 10.2. The van der Waals surface area contributed by atoms with E-state index in [1.54, 1.807) is 30.6 Å². The summed E-state index contributed by atoms with van der Waals surface area (Å²) >= 11 is 11.8. The van der Waals surface area contributed by atoms with E-state index < -0.39 is 0 Å². The van der Waals surface area contributed by atoms with Crippen molar-refractivity contribution in [3.05, 3.63) is 45.7 Å². The minimum Gasteiger partial charge on any atom is -0.368 e. The third kappa shape index (κ3) is 2.99. The van der Waals surface area contributed by atoms with Crippen LogP contribution in [0.5, 0.6) is 0 Å². The van der Waals surface area contributed by atoms with Crippen molar-refractivity contribution in [3.63, 3.8) is 0 Å². The van der Waals surface area contributed by atoms with Gasteiger partial charge < -0.3 is 5.73 Å². The Labute approximate surface area is 109 Å². The Hall–Kier alpha value is -1.52. The number of hydrogen-bond donors (Lipinski definition) is 1. The lowest BCUT2D eigenvalue weighted by Crippen LogP contribution is -1.96. The molecule has 0 saturated heterocycles. The highest BCUT2D eigenvalue weighted by molar-refractivity contribution is 6.35. The predicted molar refractivity (Wildman–Crippen MR) is 70.8 cm³/mol. The summed E-state index contributed by atoms with van der Waals surface area (Å²) in [4.78, 5) is 4.03. The molecular weight excluding hydrogens is 259 g/mol. The molecule has 1 heterocycles. The molecule has 2 N–H and O–H groups in total. The molecule has 2 rings (SSSR count). The maximum Gasteiger partial charge on any atom is 0.221 e. The molecule has 0 bridgehead atoms. The van der Waals surface area contributed by atoms with Crippen LogP contribution in [0.4, 0.5) is 5.95 Å². The van der Waals surface area contributed by atoms with E-state index >= 15 is 0 Å². The summed E-state index contributed by atoms with van der Waals surface area (Å²) < 4.78 is 1.49. The highest BCUT2D eigenvalue weighted by Crippen LogP contribution is 2.18. The van der Waals surface area contributed by atoms with Gasteiger partial charge in [0.1, 0.15) is 0 Å². The molecule has 17 heavy (non-hydrogen) atoms. The maximum atomic E-state index is 5.88. The SMILES string of the molecule is Cc1cn(N=Cc2cc(Cl)cc(Cl)c2)c(N)n1. The number of halogens is 2. The Bertz CT molecular complexity index is 555. The summed E-state index contributed by atoms with van der Waals surface area (Å²) in [6.07, 6.45) is 3.35. The van der Waals surface area contributed by atoms with Crippen LogP contribution < -0.4 is 5.73 Å². The number of aryl methyl sites for hydroxylation is 1. The molecule has 0 aliphatic carbocycles. The molecule has 88 valence electrons. The van der Waals surface area contributed by atoms with Crippen molar-refractivity contribution < 1.29 is 0 Å². The van der Waals surface area contributed by atoms with Crippen LogP contribution in [0.1, 0.15) is 11.3 Å². The molecule has 1 aromatic heterocycles. The van der Waals surface area contributed by atoms with Gasteiger partial charge >= 0.3 is 0 Å². The molecule has 0 amide bonds. The molecule has 0 spiro atoms. The van der Waals surface area contributed by atoms with Crippen LogP contribution >= 0.6 is 23.2 Å². The van der Waals surface area contributed by atoms with Crippen LogP contribution in [-0.4, -0.2) is 15.9 Å². The van der Waals surface area contributed by atoms with Crippen LogP contribution in [0, 0.1) is 6.92 Å². The van der Waals surface area contributed by atoms with Gasteiger partial charge in [-0.1, -0.05) is 23.2 Å². The van der Waals surface area contributed by atoms with Gasteiger partial charge in [0.25, 0.3) is 0 Å². The second-order valence-corrected chi connectivity index (χ2v) is 4.41. The first-order valence-corrected chi connectivity index (χ1v) is 5.62. The van der Waals surface area contributed by atoms with Crippen molar-refractivity contribution in [2.45, 2.75) is 6.92 Å². The van der Waals surface area contributed by atoms with Crippen molar-refractivity contribution in [1.29, 1.82) is 0 Å². The van der Waals surface area contributed by atoms with E-state index in [2.05, 4.69) is 10.1 Å². The molecule has 4 nitrogen and oxygen atoms in total. The van der Waals surface area contributed by atoms with Crippen LogP contribution in [0.25, 0.3) is 0 Å². The van der Waals surface area contributed by atoms with Crippen LogP contribution in [0.3, 0.4) is 0 Å². The van der Waals surface area contributed by atoms with Gasteiger partial charge in [-0.05, 0) is 30.7 Å². The smallest absolute Gasteiger partial charge is 0.221 e. The van der Waals surface area contributed by atoms with E-state index in [9.17, 15) is 0 Å². The summed E-state index contributed by atoms with van der Waals surface area (Å²) in [7, 11) is 0. The van der Waals surface area contributed by atoms with Crippen molar-refractivity contribution in [2.75, 3.05) is 5.73 Å². The molecule has 1 aromatic carbocycles. The number of anilines is 1. The number of rotatable bonds is 2. The highest BCUT2D eigenvalue weighted by Gasteiger charge is 1.99. The van der Waals surface area contributed by atoms with Gasteiger partial charge in [0.2, 0.25) is 5.95 Å². The third-order valence-corrected chi connectivity index (χ3v) is 2.49. The fourth-order valence-corrected chi connectivity index (χ4v) is 1.92. The van der Waals surface area contributed by atoms with E-state index in [1.807, 2.05) is 6.92 Å². The van der Waals surface area contributed by atoms with Gasteiger partial charge in [0, 0.05) is 10.0 Å². The van der Waals surface area contributed by atoms with Crippen LogP contribution in [0.2, 0.25) is 10.0 Å². The molecular formula is C11H10Cl2N4. The molecule has 0 radical (unpaired) electrons. The Balaban J connectivity index is 2.28. The van der Waals surface area contributed by atoms with Gasteiger partial charge in [0.15, 0.2) is 0 Å². The van der Waals surface area contributed by atoms with Crippen molar-refractivity contribution in [1.82, 2.24) is 9.66 Å². The summed E-state index contributed by atoms with van der Waals surface area (Å²) in [5, 5.41) is 5.29. The Kier molecular flexibility index (Phi) is 3.36. The van der Waals surface area contributed by atoms with E-state index in [1.165, 1.54) is 4.68 Å². The van der Waals surface area contributed by atoms with Gasteiger partial charge in [-0.25, -0.2) is 9.66 Å². The molecule has 0 aliphatic heterocycles. The predicted octanol–water partition coefficient (Wildman–Crippen LogP) is 2.96. The fraction of sp³-hybridized carbons (Fsp3) is 0.0909. The molecule has 0 aliphatic rings. The van der Waals surface area contributed by atoms with Gasteiger partial charge in [-0.3, -0.25) is 0 Å². The number of aromatic nitrogens is 2. The zero-order chi connectivity index (χ0) is 12.4. The van der Waals surface area contributed by atoms with Gasteiger partial charge in [-0.15, -0.1) is 0 Å². The standard InChI is InChI=1S/C11H10Cl2N4/c1-7-6-17(11(14)16-7)15-5-8-2-9(12)4-10(13)3-8/h2-6H,1H3,(H2,14,16). The lowest BCUT2D eigenvalue weighted by molar-refractivity contribution is 0.897. The van der Waals surface area contributed by atoms with Gasteiger partial charge in [-0.2, -0.15) is 5.10 Å². The van der Waals surface area contributed by atoms with E-state index in [0.717, 1.165) is 11.3 Å². The average molecular weight is 269 g/mol. The first-order valence-electron chi connectivity index (χ1n) is 4.86. The number of nitrogen functional groups attached to an aromatic ring is 1. The minimum absolute atomic E-state index is 0.340. The zero-order valence-electron chi connectivity index (χ0n) is 9.06. The average Bonchev–Trinajstić information content (AvgIpc) is 2.53. The van der Waals surface area contributed by atoms with Crippen molar-refractivity contribution >= 4 is 35.4 Å². The number of nitrogens with two attached hydrogens (primary N) is 1. The van der Waals surface area contributed by atoms with E-state index in [-0.39, 0.29) is 0 Å². The first-order chi connectivity index (χ1) is 8.04. The summed E-state index contributed by atoms with van der Waals surface area (Å²) in [5.74, 6) is 0.340. The maximum absolute atomic E-state index is 5.88. The summed E-state index contributed by atoms with van der Waals surface area (Å²) in [6, 6.07) is 5.18. The molecule has 6 heteroatoms. The molecule has 0 saturated carbocycles. The van der Waals surface area contributed by atoms with Crippen LogP contribution in [0.15, 0.2) is 29.5 Å². The first kappa shape index (κ1) is 12.0. The Morgan fingerprint density at radius 1 is 1.29 bits per heavy atom. The molecule has 2 aromatic rings. The molecule has 0 fully saturated rings. The molecule has 0 unspecified atom stereocenters. The van der Waals surface area contributed by atoms with Gasteiger partial charge in [0.05, 0.1) is 18.1 Å². The largest absolute Gasteiger partial charge is 0.368 e. The van der Waals surface area contributed by atoms with Crippen LogP contribution in [-0.2, 0) is 0 Å². The number of imidazole rings is 1. The van der Waals surface area contributed by atoms with E-state index in [4.69, 9.17) is 28.9 Å². The molecule has 0 atom stereocenters. The summed E-state index contributed by atoms with van der Waals surface area (Å²) in [6.45, 7) is 1.85. The topological polar surface area (TPSA) is 56.2 Å². The third-order valence-electron chi connectivity index (χ3n) is 2.05. The Morgan fingerprint density at radius 2 is 1.94 bits per heavy atom. The number of hydrogen-bond acceptors (Lipinski definition) is 3. The van der Waals surface area contributed by atoms with Crippen molar-refractivity contribution in [2.24, 2.45) is 5.10 Å². The van der Waals surface area contributed by atoms with E-state index in [0.29, 0.717) is 16.0 Å². The van der Waals surface area contributed by atoms with Crippen molar-refractivity contribution in [3.8, 4) is 0 Å². The lowest BCUT2D eigenvalue weighted by Gasteiger charge is -1.98. The minimum atomic E-state index is 0.340. The number of benzene rings is 1. The number of nitrogens with zero attached hydrogens (tertiary/aromatic N) is 3. The Morgan fingerprint density at radius 3 is 2.47 bits per heavy atom. The summed E-state index contributed by atoms with van der Waals surface area (Å²) in [5.41, 5.74) is 7.26. The second kappa shape index (κ2) is 4.77. The fourth-order valence-electron chi connectivity index (χ4n) is 1.37. The second-order valence-electron chi connectivity index (χ2n) is 3.53. The monoisotopic (exact) mass is 268 g/mol. The zero-order valence-corrected chi connectivity index (χ0v) is 10.6. The highest BCUT2D eigenvalue weighted by atomic mass is 35.5. The normalized spacial score (nSPS) is 11.2. The quantitative estimate of drug-likeness (QED) is 0.852.